The Kier molecular flexibility index (Phi) is 2.00. The van der Waals surface area contributed by atoms with Crippen LogP contribution in [0.1, 0.15) is 19.0 Å². The van der Waals surface area contributed by atoms with Gasteiger partial charge in [0.05, 0.1) is 11.4 Å². The summed E-state index contributed by atoms with van der Waals surface area (Å²) in [4.78, 5) is 17.5. The Labute approximate surface area is 77.4 Å². The first-order chi connectivity index (χ1) is 6.33. The molecule has 1 aromatic heterocycles. The number of nitrogens with zero attached hydrogens (tertiary/aromatic N) is 2. The summed E-state index contributed by atoms with van der Waals surface area (Å²) in [5.41, 5.74) is 2.04. The maximum Gasteiger partial charge on any atom is 0.226 e. The van der Waals surface area contributed by atoms with Crippen LogP contribution in [0.3, 0.4) is 0 Å². The minimum atomic E-state index is 0.187. The second-order valence-corrected chi connectivity index (χ2v) is 3.12. The summed E-state index contributed by atoms with van der Waals surface area (Å²) in [5, 5.41) is 0. The average Bonchev–Trinajstić information content (AvgIpc) is 2.60. The number of anilines is 1. The fourth-order valence-electron chi connectivity index (χ4n) is 1.66. The quantitative estimate of drug-likeness (QED) is 0.647. The van der Waals surface area contributed by atoms with E-state index in [-0.39, 0.29) is 5.91 Å². The molecule has 2 rings (SSSR count). The van der Waals surface area contributed by atoms with Gasteiger partial charge in [-0.1, -0.05) is 6.92 Å². The average molecular weight is 176 g/mol. The molecule has 0 unspecified atom stereocenters. The molecule has 0 radical (unpaired) electrons. The lowest BCUT2D eigenvalue weighted by Gasteiger charge is -2.15. The highest BCUT2D eigenvalue weighted by Gasteiger charge is 2.23. The Bertz CT molecular complexity index is 335. The minimum absolute atomic E-state index is 0.187. The van der Waals surface area contributed by atoms with E-state index in [1.54, 1.807) is 6.20 Å². The van der Waals surface area contributed by atoms with Crippen molar-refractivity contribution >= 4 is 11.6 Å². The van der Waals surface area contributed by atoms with Crippen molar-refractivity contribution in [3.8, 4) is 0 Å². The van der Waals surface area contributed by atoms with Gasteiger partial charge in [-0.3, -0.25) is 9.78 Å². The fraction of sp³-hybridized carbons (Fsp3) is 0.400. The van der Waals surface area contributed by atoms with Crippen molar-refractivity contribution in [3.63, 3.8) is 0 Å². The molecule has 1 aliphatic heterocycles. The molecule has 0 saturated carbocycles. The maximum atomic E-state index is 11.5. The first-order valence-corrected chi connectivity index (χ1v) is 4.57. The zero-order valence-electron chi connectivity index (χ0n) is 7.66. The van der Waals surface area contributed by atoms with Crippen LogP contribution in [-0.4, -0.2) is 17.4 Å². The van der Waals surface area contributed by atoms with E-state index in [1.165, 1.54) is 0 Å². The molecule has 2 heterocycles. The zero-order chi connectivity index (χ0) is 9.26. The molecule has 3 heteroatoms. The highest BCUT2D eigenvalue weighted by Crippen LogP contribution is 2.25. The van der Waals surface area contributed by atoms with Gasteiger partial charge >= 0.3 is 0 Å². The highest BCUT2D eigenvalue weighted by atomic mass is 16.2. The molecule has 0 N–H and O–H groups in total. The Hall–Kier alpha value is -1.38. The predicted octanol–water partition coefficient (Wildman–Crippen LogP) is 1.38. The summed E-state index contributed by atoms with van der Waals surface area (Å²) in [7, 11) is 0. The molecular formula is C10H12N2O. The SMILES string of the molecule is CCC(=O)N1CCc2ncccc21. The molecular weight excluding hydrogens is 164 g/mol. The van der Waals surface area contributed by atoms with Crippen molar-refractivity contribution in [3.05, 3.63) is 24.0 Å². The van der Waals surface area contributed by atoms with E-state index in [9.17, 15) is 4.79 Å². The van der Waals surface area contributed by atoms with Crippen molar-refractivity contribution in [2.75, 3.05) is 11.4 Å². The molecule has 0 saturated heterocycles. The number of amides is 1. The molecule has 0 spiro atoms. The van der Waals surface area contributed by atoms with E-state index < -0.39 is 0 Å². The third kappa shape index (κ3) is 1.30. The molecule has 1 aliphatic rings. The fourth-order valence-corrected chi connectivity index (χ4v) is 1.66. The standard InChI is InChI=1S/C10H12N2O/c1-2-10(13)12-7-5-8-9(12)4-3-6-11-8/h3-4,6H,2,5,7H2,1H3. The van der Waals surface area contributed by atoms with Gasteiger partial charge in [-0.15, -0.1) is 0 Å². The second-order valence-electron chi connectivity index (χ2n) is 3.12. The summed E-state index contributed by atoms with van der Waals surface area (Å²) in [5.74, 6) is 0.187. The van der Waals surface area contributed by atoms with Gasteiger partial charge in [0, 0.05) is 25.6 Å². The number of rotatable bonds is 1. The van der Waals surface area contributed by atoms with E-state index in [4.69, 9.17) is 0 Å². The second kappa shape index (κ2) is 3.17. The first kappa shape index (κ1) is 8.23. The lowest BCUT2D eigenvalue weighted by molar-refractivity contribution is -0.118. The smallest absolute Gasteiger partial charge is 0.226 e. The molecule has 13 heavy (non-hydrogen) atoms. The molecule has 3 nitrogen and oxygen atoms in total. The summed E-state index contributed by atoms with van der Waals surface area (Å²) in [6.07, 6.45) is 3.23. The molecule has 0 aromatic carbocycles. The number of carbonyl (C=O) groups excluding carboxylic acids is 1. The van der Waals surface area contributed by atoms with Crippen LogP contribution >= 0.6 is 0 Å². The van der Waals surface area contributed by atoms with Crippen LogP contribution in [0.4, 0.5) is 5.69 Å². The summed E-state index contributed by atoms with van der Waals surface area (Å²) >= 11 is 0. The third-order valence-corrected chi connectivity index (χ3v) is 2.33. The molecule has 0 aliphatic carbocycles. The van der Waals surface area contributed by atoms with Gasteiger partial charge in [-0.25, -0.2) is 0 Å². The van der Waals surface area contributed by atoms with Crippen LogP contribution in [0.5, 0.6) is 0 Å². The van der Waals surface area contributed by atoms with E-state index in [0.29, 0.717) is 6.42 Å². The van der Waals surface area contributed by atoms with Crippen LogP contribution in [-0.2, 0) is 11.2 Å². The van der Waals surface area contributed by atoms with E-state index in [2.05, 4.69) is 4.98 Å². The Balaban J connectivity index is 2.33. The van der Waals surface area contributed by atoms with Crippen LogP contribution in [0.25, 0.3) is 0 Å². The van der Waals surface area contributed by atoms with E-state index in [0.717, 1.165) is 24.3 Å². The summed E-state index contributed by atoms with van der Waals surface area (Å²) in [6.45, 7) is 2.68. The molecule has 0 fully saturated rings. The molecule has 0 atom stereocenters. The third-order valence-electron chi connectivity index (χ3n) is 2.33. The lowest BCUT2D eigenvalue weighted by Crippen LogP contribution is -2.27. The number of aromatic nitrogens is 1. The van der Waals surface area contributed by atoms with E-state index >= 15 is 0 Å². The lowest BCUT2D eigenvalue weighted by atomic mass is 10.3. The van der Waals surface area contributed by atoms with Gasteiger partial charge in [0.2, 0.25) is 5.91 Å². The van der Waals surface area contributed by atoms with Gasteiger partial charge in [0.1, 0.15) is 0 Å². The minimum Gasteiger partial charge on any atom is -0.310 e. The molecule has 1 amide bonds. The zero-order valence-corrected chi connectivity index (χ0v) is 7.66. The molecule has 0 bridgehead atoms. The number of carbonyl (C=O) groups is 1. The van der Waals surface area contributed by atoms with Crippen molar-refractivity contribution in [2.45, 2.75) is 19.8 Å². The van der Waals surface area contributed by atoms with Crippen molar-refractivity contribution in [1.82, 2.24) is 4.98 Å². The van der Waals surface area contributed by atoms with Gasteiger partial charge in [-0.05, 0) is 12.1 Å². The van der Waals surface area contributed by atoms with Gasteiger partial charge in [0.15, 0.2) is 0 Å². The molecule has 68 valence electrons. The largest absolute Gasteiger partial charge is 0.310 e. The predicted molar refractivity (Wildman–Crippen MR) is 50.6 cm³/mol. The normalized spacial score (nSPS) is 14.4. The molecule has 1 aromatic rings. The van der Waals surface area contributed by atoms with Crippen LogP contribution in [0.15, 0.2) is 18.3 Å². The first-order valence-electron chi connectivity index (χ1n) is 4.57. The van der Waals surface area contributed by atoms with Crippen LogP contribution < -0.4 is 4.90 Å². The van der Waals surface area contributed by atoms with Gasteiger partial charge in [-0.2, -0.15) is 0 Å². The Morgan fingerprint density at radius 2 is 2.54 bits per heavy atom. The van der Waals surface area contributed by atoms with Crippen molar-refractivity contribution in [1.29, 1.82) is 0 Å². The van der Waals surface area contributed by atoms with E-state index in [1.807, 2.05) is 24.0 Å². The topological polar surface area (TPSA) is 33.2 Å². The Morgan fingerprint density at radius 1 is 1.69 bits per heavy atom. The number of hydrogen-bond donors (Lipinski definition) is 0. The highest BCUT2D eigenvalue weighted by molar-refractivity contribution is 5.94. The van der Waals surface area contributed by atoms with Crippen molar-refractivity contribution in [2.24, 2.45) is 0 Å². The number of hydrogen-bond acceptors (Lipinski definition) is 2. The monoisotopic (exact) mass is 176 g/mol. The maximum absolute atomic E-state index is 11.5. The number of pyridine rings is 1. The number of fused-ring (bicyclic) bond motifs is 1. The van der Waals surface area contributed by atoms with Crippen LogP contribution in [0.2, 0.25) is 0 Å². The Morgan fingerprint density at radius 3 is 3.31 bits per heavy atom. The summed E-state index contributed by atoms with van der Waals surface area (Å²) < 4.78 is 0. The van der Waals surface area contributed by atoms with Gasteiger partial charge < -0.3 is 4.90 Å². The van der Waals surface area contributed by atoms with Crippen molar-refractivity contribution < 1.29 is 4.79 Å². The van der Waals surface area contributed by atoms with Crippen LogP contribution in [0, 0.1) is 0 Å². The van der Waals surface area contributed by atoms with Gasteiger partial charge in [0.25, 0.3) is 0 Å². The summed E-state index contributed by atoms with van der Waals surface area (Å²) in [6, 6.07) is 3.84.